The summed E-state index contributed by atoms with van der Waals surface area (Å²) in [7, 11) is 1.33. The van der Waals surface area contributed by atoms with E-state index in [4.69, 9.17) is 10.4 Å². The molecule has 0 unspecified atom stereocenters. The van der Waals surface area contributed by atoms with Crippen molar-refractivity contribution in [3.05, 3.63) is 23.8 Å². The number of allylic oxidation sites excluding steroid dienone is 1. The molecule has 5 heteroatoms. The summed E-state index contributed by atoms with van der Waals surface area (Å²) in [5.41, 5.74) is 0.250. The first-order valence-electron chi connectivity index (χ1n) is 4.48. The van der Waals surface area contributed by atoms with Crippen molar-refractivity contribution in [2.24, 2.45) is 0 Å². The summed E-state index contributed by atoms with van der Waals surface area (Å²) in [6.07, 6.45) is 1.96. The fraction of sp³-hybridized carbons (Fsp3) is 0.364. The lowest BCUT2D eigenvalue weighted by Gasteiger charge is -1.91. The molecule has 0 aliphatic carbocycles. The Morgan fingerprint density at radius 1 is 1.56 bits per heavy atom. The van der Waals surface area contributed by atoms with E-state index in [9.17, 15) is 9.59 Å². The van der Waals surface area contributed by atoms with Crippen molar-refractivity contribution < 1.29 is 19.4 Å². The molecule has 1 N–H and O–H groups in total. The van der Waals surface area contributed by atoms with Crippen LogP contribution in [0.4, 0.5) is 0 Å². The molecule has 0 aromatic rings. The van der Waals surface area contributed by atoms with Crippen LogP contribution in [0.25, 0.3) is 0 Å². The molecule has 16 heavy (non-hydrogen) atoms. The monoisotopic (exact) mass is 225 g/mol. The molecule has 0 rings (SSSR count). The zero-order chi connectivity index (χ0) is 13.1. The molecule has 0 radical (unpaired) electrons. The molecule has 88 valence electrons. The first-order chi connectivity index (χ1) is 7.40. The smallest absolute Gasteiger partial charge is 0.346 e. The van der Waals surface area contributed by atoms with Crippen LogP contribution in [0.15, 0.2) is 23.8 Å². The Hall–Kier alpha value is -2.09. The summed E-state index contributed by atoms with van der Waals surface area (Å²) < 4.78 is 4.27. The minimum absolute atomic E-state index is 0.183. The summed E-state index contributed by atoms with van der Waals surface area (Å²) >= 11 is 0. The van der Waals surface area contributed by atoms with Crippen molar-refractivity contribution in [2.45, 2.75) is 20.3 Å². The SMILES string of the molecule is C=C(C)C(=O)OC.CC/C=C(/C#N)C(=O)O. The van der Waals surface area contributed by atoms with Gasteiger partial charge in [-0.15, -0.1) is 0 Å². The topological polar surface area (TPSA) is 87.4 Å². The van der Waals surface area contributed by atoms with Gasteiger partial charge < -0.3 is 9.84 Å². The summed E-state index contributed by atoms with van der Waals surface area (Å²) in [6.45, 7) is 6.73. The molecular formula is C11H15NO4. The van der Waals surface area contributed by atoms with Gasteiger partial charge in [0.05, 0.1) is 7.11 Å². The number of hydrogen-bond donors (Lipinski definition) is 1. The van der Waals surface area contributed by atoms with Gasteiger partial charge in [0.1, 0.15) is 11.6 Å². The van der Waals surface area contributed by atoms with E-state index in [-0.39, 0.29) is 11.5 Å². The number of nitrogens with zero attached hydrogens (tertiary/aromatic N) is 1. The molecule has 0 saturated carbocycles. The van der Waals surface area contributed by atoms with Crippen molar-refractivity contribution >= 4 is 11.9 Å². The van der Waals surface area contributed by atoms with Crippen LogP contribution in [-0.4, -0.2) is 24.2 Å². The number of carbonyl (C=O) groups excluding carboxylic acids is 1. The number of carboxylic acid groups (broad SMARTS) is 1. The Labute approximate surface area is 94.6 Å². The molecule has 5 nitrogen and oxygen atoms in total. The van der Waals surface area contributed by atoms with E-state index in [1.807, 2.05) is 0 Å². The third-order valence-electron chi connectivity index (χ3n) is 1.29. The molecule has 0 spiro atoms. The molecule has 0 heterocycles. The number of ether oxygens (including phenoxy) is 1. The molecule has 0 fully saturated rings. The molecule has 0 aromatic heterocycles. The normalized spacial score (nSPS) is 9.25. The van der Waals surface area contributed by atoms with Crippen molar-refractivity contribution in [1.29, 1.82) is 5.26 Å². The molecule has 0 aliphatic rings. The van der Waals surface area contributed by atoms with Crippen LogP contribution < -0.4 is 0 Å². The van der Waals surface area contributed by atoms with E-state index < -0.39 is 5.97 Å². The first-order valence-corrected chi connectivity index (χ1v) is 4.48. The molecule has 0 saturated heterocycles. The van der Waals surface area contributed by atoms with Crippen LogP contribution in [0, 0.1) is 11.3 Å². The Balaban J connectivity index is 0. The highest BCUT2D eigenvalue weighted by Crippen LogP contribution is 1.93. The third kappa shape index (κ3) is 8.51. The Morgan fingerprint density at radius 3 is 2.12 bits per heavy atom. The van der Waals surface area contributed by atoms with Gasteiger partial charge in [-0.3, -0.25) is 0 Å². The second-order valence-electron chi connectivity index (χ2n) is 2.71. The summed E-state index contributed by atoms with van der Waals surface area (Å²) in [6, 6.07) is 1.56. The number of esters is 1. The Bertz CT molecular complexity index is 336. The van der Waals surface area contributed by atoms with E-state index in [1.54, 1.807) is 19.9 Å². The lowest BCUT2D eigenvalue weighted by molar-refractivity contribution is -0.136. The number of carboxylic acids is 1. The Kier molecular flexibility index (Phi) is 9.67. The molecule has 0 aliphatic heterocycles. The standard InChI is InChI=1S/C6H7NO2.C5H8O2/c1-2-3-5(4-7)6(8)9;1-4(2)5(6)7-3/h3H,2H2,1H3,(H,8,9);1H2,2-3H3/b5-3-;. The highest BCUT2D eigenvalue weighted by atomic mass is 16.5. The van der Waals surface area contributed by atoms with Crippen LogP contribution in [0.5, 0.6) is 0 Å². The summed E-state index contributed by atoms with van der Waals surface area (Å²) in [5.74, 6) is -1.50. The van der Waals surface area contributed by atoms with E-state index in [2.05, 4.69) is 11.3 Å². The molecule has 0 atom stereocenters. The average Bonchev–Trinajstić information content (AvgIpc) is 2.24. The molecule has 0 bridgehead atoms. The van der Waals surface area contributed by atoms with Crippen LogP contribution in [-0.2, 0) is 14.3 Å². The predicted octanol–water partition coefficient (Wildman–Crippen LogP) is 1.67. The maximum Gasteiger partial charge on any atom is 0.346 e. The van der Waals surface area contributed by atoms with Gasteiger partial charge in [-0.05, 0) is 13.3 Å². The number of methoxy groups -OCH3 is 1. The molecule has 0 aromatic carbocycles. The second-order valence-corrected chi connectivity index (χ2v) is 2.71. The lowest BCUT2D eigenvalue weighted by atomic mass is 10.2. The van der Waals surface area contributed by atoms with Gasteiger partial charge in [-0.1, -0.05) is 19.6 Å². The summed E-state index contributed by atoms with van der Waals surface area (Å²) in [5, 5.41) is 16.3. The van der Waals surface area contributed by atoms with Gasteiger partial charge in [-0.25, -0.2) is 9.59 Å². The van der Waals surface area contributed by atoms with E-state index in [0.717, 1.165) is 0 Å². The molecular weight excluding hydrogens is 210 g/mol. The average molecular weight is 225 g/mol. The zero-order valence-corrected chi connectivity index (χ0v) is 9.61. The number of hydrogen-bond acceptors (Lipinski definition) is 4. The zero-order valence-electron chi connectivity index (χ0n) is 9.61. The highest BCUT2D eigenvalue weighted by Gasteiger charge is 2.02. The van der Waals surface area contributed by atoms with E-state index >= 15 is 0 Å². The summed E-state index contributed by atoms with van der Waals surface area (Å²) in [4.78, 5) is 20.2. The minimum Gasteiger partial charge on any atom is -0.477 e. The number of aliphatic carboxylic acids is 1. The predicted molar refractivity (Wildman–Crippen MR) is 58.5 cm³/mol. The van der Waals surface area contributed by atoms with Gasteiger partial charge in [0.15, 0.2) is 0 Å². The highest BCUT2D eigenvalue weighted by molar-refractivity contribution is 5.90. The number of rotatable bonds is 3. The van der Waals surface area contributed by atoms with Crippen molar-refractivity contribution in [3.63, 3.8) is 0 Å². The van der Waals surface area contributed by atoms with Crippen LogP contribution in [0.3, 0.4) is 0 Å². The Morgan fingerprint density at radius 2 is 2.06 bits per heavy atom. The fourth-order valence-corrected chi connectivity index (χ4v) is 0.559. The largest absolute Gasteiger partial charge is 0.477 e. The van der Waals surface area contributed by atoms with Gasteiger partial charge in [0.2, 0.25) is 0 Å². The minimum atomic E-state index is -1.15. The molecule has 0 amide bonds. The number of nitriles is 1. The van der Waals surface area contributed by atoms with Crippen molar-refractivity contribution in [2.75, 3.05) is 7.11 Å². The van der Waals surface area contributed by atoms with Crippen molar-refractivity contribution in [3.8, 4) is 6.07 Å². The van der Waals surface area contributed by atoms with Crippen LogP contribution in [0.1, 0.15) is 20.3 Å². The van der Waals surface area contributed by atoms with Gasteiger partial charge in [0.25, 0.3) is 0 Å². The maximum atomic E-state index is 10.2. The van der Waals surface area contributed by atoms with Gasteiger partial charge in [0, 0.05) is 5.57 Å². The van der Waals surface area contributed by atoms with Crippen molar-refractivity contribution in [1.82, 2.24) is 0 Å². The third-order valence-corrected chi connectivity index (χ3v) is 1.29. The van der Waals surface area contributed by atoms with E-state index in [1.165, 1.54) is 13.2 Å². The quantitative estimate of drug-likeness (QED) is 0.448. The van der Waals surface area contributed by atoms with E-state index in [0.29, 0.717) is 12.0 Å². The maximum absolute atomic E-state index is 10.2. The van der Waals surface area contributed by atoms with Gasteiger partial charge >= 0.3 is 11.9 Å². The van der Waals surface area contributed by atoms with Crippen LogP contribution in [0.2, 0.25) is 0 Å². The first kappa shape index (κ1) is 16.3. The second kappa shape index (κ2) is 9.46. The van der Waals surface area contributed by atoms with Gasteiger partial charge in [-0.2, -0.15) is 5.26 Å². The van der Waals surface area contributed by atoms with Crippen LogP contribution >= 0.6 is 0 Å². The lowest BCUT2D eigenvalue weighted by Crippen LogP contribution is -1.98. The number of carbonyl (C=O) groups is 2. The fourth-order valence-electron chi connectivity index (χ4n) is 0.559.